The molecule has 0 radical (unpaired) electrons. The molecule has 0 saturated carbocycles. The number of alkyl halides is 3. The van der Waals surface area contributed by atoms with Crippen LogP contribution in [0.4, 0.5) is 17.6 Å². The van der Waals surface area contributed by atoms with Crippen molar-refractivity contribution in [3.8, 4) is 0 Å². The summed E-state index contributed by atoms with van der Waals surface area (Å²) >= 11 is 0. The Morgan fingerprint density at radius 3 is 2.50 bits per heavy atom. The molecule has 0 amide bonds. The van der Waals surface area contributed by atoms with Crippen LogP contribution in [0.1, 0.15) is 37.3 Å². The Morgan fingerprint density at radius 2 is 1.90 bits per heavy atom. The van der Waals surface area contributed by atoms with Crippen molar-refractivity contribution in [1.29, 1.82) is 0 Å². The van der Waals surface area contributed by atoms with Gasteiger partial charge in [-0.05, 0) is 61.0 Å². The van der Waals surface area contributed by atoms with Crippen molar-refractivity contribution in [1.82, 2.24) is 5.32 Å². The fourth-order valence-electron chi connectivity index (χ4n) is 2.99. The SMILES string of the molecule is CC(C)C1CNCCC1c1cc(F)cc(C(F)(F)F)c1. The number of hydrogen-bond donors (Lipinski definition) is 1. The first-order chi connectivity index (χ1) is 9.29. The zero-order valence-electron chi connectivity index (χ0n) is 11.6. The second-order valence-corrected chi connectivity index (χ2v) is 5.78. The zero-order chi connectivity index (χ0) is 14.9. The summed E-state index contributed by atoms with van der Waals surface area (Å²) in [6.07, 6.45) is -3.76. The lowest BCUT2D eigenvalue weighted by Gasteiger charge is -2.35. The average Bonchev–Trinajstić information content (AvgIpc) is 2.37. The summed E-state index contributed by atoms with van der Waals surface area (Å²) in [5, 5.41) is 3.26. The van der Waals surface area contributed by atoms with Gasteiger partial charge < -0.3 is 5.32 Å². The summed E-state index contributed by atoms with van der Waals surface area (Å²) in [6.45, 7) is 5.62. The summed E-state index contributed by atoms with van der Waals surface area (Å²) in [7, 11) is 0. The molecule has 20 heavy (non-hydrogen) atoms. The molecule has 1 saturated heterocycles. The van der Waals surface area contributed by atoms with Gasteiger partial charge in [-0.3, -0.25) is 0 Å². The van der Waals surface area contributed by atoms with Gasteiger partial charge in [0, 0.05) is 0 Å². The molecule has 2 atom stereocenters. The molecule has 1 aliphatic rings. The maximum absolute atomic E-state index is 13.5. The highest BCUT2D eigenvalue weighted by molar-refractivity contribution is 5.30. The summed E-state index contributed by atoms with van der Waals surface area (Å²) in [6, 6.07) is 2.92. The molecule has 2 unspecified atom stereocenters. The molecule has 5 heteroatoms. The second-order valence-electron chi connectivity index (χ2n) is 5.78. The predicted molar refractivity (Wildman–Crippen MR) is 70.0 cm³/mol. The predicted octanol–water partition coefficient (Wildman–Crippen LogP) is 4.19. The van der Waals surface area contributed by atoms with Gasteiger partial charge in [-0.15, -0.1) is 0 Å². The van der Waals surface area contributed by atoms with Crippen molar-refractivity contribution >= 4 is 0 Å². The number of hydrogen-bond acceptors (Lipinski definition) is 1. The fourth-order valence-corrected chi connectivity index (χ4v) is 2.99. The van der Waals surface area contributed by atoms with Crippen molar-refractivity contribution in [2.45, 2.75) is 32.4 Å². The van der Waals surface area contributed by atoms with E-state index in [9.17, 15) is 17.6 Å². The third-order valence-corrected chi connectivity index (χ3v) is 4.06. The average molecular weight is 289 g/mol. The van der Waals surface area contributed by atoms with Gasteiger partial charge >= 0.3 is 6.18 Å². The van der Waals surface area contributed by atoms with Crippen LogP contribution in [-0.4, -0.2) is 13.1 Å². The van der Waals surface area contributed by atoms with E-state index in [0.717, 1.165) is 25.6 Å². The quantitative estimate of drug-likeness (QED) is 0.805. The molecule has 1 aromatic carbocycles. The van der Waals surface area contributed by atoms with Crippen LogP contribution >= 0.6 is 0 Å². The van der Waals surface area contributed by atoms with Gasteiger partial charge in [0.2, 0.25) is 0 Å². The van der Waals surface area contributed by atoms with Crippen LogP contribution in [0.5, 0.6) is 0 Å². The highest BCUT2D eigenvalue weighted by Gasteiger charge is 2.34. The Morgan fingerprint density at radius 1 is 1.20 bits per heavy atom. The highest BCUT2D eigenvalue weighted by Crippen LogP contribution is 2.38. The van der Waals surface area contributed by atoms with Gasteiger partial charge in [0.1, 0.15) is 5.82 Å². The maximum Gasteiger partial charge on any atom is 0.416 e. The molecule has 0 aliphatic carbocycles. The van der Waals surface area contributed by atoms with Crippen molar-refractivity contribution in [3.05, 3.63) is 35.1 Å². The summed E-state index contributed by atoms with van der Waals surface area (Å²) < 4.78 is 51.9. The van der Waals surface area contributed by atoms with Crippen LogP contribution in [0.25, 0.3) is 0 Å². The lowest BCUT2D eigenvalue weighted by molar-refractivity contribution is -0.137. The minimum atomic E-state index is -4.50. The van der Waals surface area contributed by atoms with E-state index in [-0.39, 0.29) is 11.8 Å². The lowest BCUT2D eigenvalue weighted by atomic mass is 9.75. The van der Waals surface area contributed by atoms with Crippen molar-refractivity contribution in [2.75, 3.05) is 13.1 Å². The highest BCUT2D eigenvalue weighted by atomic mass is 19.4. The third-order valence-electron chi connectivity index (χ3n) is 4.06. The van der Waals surface area contributed by atoms with E-state index in [1.165, 1.54) is 6.07 Å². The number of benzene rings is 1. The van der Waals surface area contributed by atoms with E-state index in [0.29, 0.717) is 17.5 Å². The lowest BCUT2D eigenvalue weighted by Crippen LogP contribution is -2.38. The van der Waals surface area contributed by atoms with Gasteiger partial charge in [0.15, 0.2) is 0 Å². The van der Waals surface area contributed by atoms with Gasteiger partial charge in [0.05, 0.1) is 5.56 Å². The molecular formula is C15H19F4N. The molecule has 1 aliphatic heterocycles. The number of piperidine rings is 1. The van der Waals surface area contributed by atoms with Gasteiger partial charge in [-0.2, -0.15) is 13.2 Å². The van der Waals surface area contributed by atoms with E-state index < -0.39 is 17.6 Å². The van der Waals surface area contributed by atoms with E-state index in [1.54, 1.807) is 0 Å². The van der Waals surface area contributed by atoms with Crippen LogP contribution in [0.15, 0.2) is 18.2 Å². The maximum atomic E-state index is 13.5. The van der Waals surface area contributed by atoms with Gasteiger partial charge in [-0.25, -0.2) is 4.39 Å². The van der Waals surface area contributed by atoms with Gasteiger partial charge in [-0.1, -0.05) is 13.8 Å². The molecule has 1 nitrogen and oxygen atoms in total. The first-order valence-electron chi connectivity index (χ1n) is 6.87. The van der Waals surface area contributed by atoms with Crippen molar-refractivity contribution in [3.63, 3.8) is 0 Å². The first-order valence-corrected chi connectivity index (χ1v) is 6.87. The monoisotopic (exact) mass is 289 g/mol. The second kappa shape index (κ2) is 5.72. The van der Waals surface area contributed by atoms with Crippen LogP contribution < -0.4 is 5.32 Å². The molecule has 0 spiro atoms. The molecule has 112 valence electrons. The summed E-state index contributed by atoms with van der Waals surface area (Å²) in [5.41, 5.74) is -0.425. The normalized spacial score (nSPS) is 24.1. The minimum Gasteiger partial charge on any atom is -0.316 e. The molecular weight excluding hydrogens is 270 g/mol. The van der Waals surface area contributed by atoms with Crippen LogP contribution in [0.2, 0.25) is 0 Å². The number of rotatable bonds is 2. The Hall–Kier alpha value is -1.10. The largest absolute Gasteiger partial charge is 0.416 e. The summed E-state index contributed by atoms with van der Waals surface area (Å²) in [5.74, 6) is -0.263. The molecule has 0 bridgehead atoms. The molecule has 1 heterocycles. The third kappa shape index (κ3) is 3.32. The van der Waals surface area contributed by atoms with Crippen LogP contribution in [0, 0.1) is 17.7 Å². The molecule has 1 fully saturated rings. The molecule has 1 N–H and O–H groups in total. The van der Waals surface area contributed by atoms with Crippen molar-refractivity contribution in [2.24, 2.45) is 11.8 Å². The van der Waals surface area contributed by atoms with Crippen molar-refractivity contribution < 1.29 is 17.6 Å². The van der Waals surface area contributed by atoms with E-state index in [4.69, 9.17) is 0 Å². The topological polar surface area (TPSA) is 12.0 Å². The fraction of sp³-hybridized carbons (Fsp3) is 0.600. The van der Waals surface area contributed by atoms with E-state index in [1.807, 2.05) is 0 Å². The molecule has 2 rings (SSSR count). The molecule has 0 aromatic heterocycles. The van der Waals surface area contributed by atoms with Crippen LogP contribution in [-0.2, 0) is 6.18 Å². The minimum absolute atomic E-state index is 0.0203. The number of halogens is 4. The van der Waals surface area contributed by atoms with E-state index in [2.05, 4.69) is 19.2 Å². The number of nitrogens with one attached hydrogen (secondary N) is 1. The Balaban J connectivity index is 2.38. The standard InChI is InChI=1S/C15H19F4N/c1-9(2)14-8-20-4-3-13(14)10-5-11(15(17,18)19)7-12(16)6-10/h5-7,9,13-14,20H,3-4,8H2,1-2H3. The van der Waals surface area contributed by atoms with Gasteiger partial charge in [0.25, 0.3) is 0 Å². The Kier molecular flexibility index (Phi) is 4.37. The van der Waals surface area contributed by atoms with E-state index >= 15 is 0 Å². The Labute approximate surface area is 116 Å². The zero-order valence-corrected chi connectivity index (χ0v) is 11.6. The Bertz CT molecular complexity index is 467. The molecule has 1 aromatic rings. The smallest absolute Gasteiger partial charge is 0.316 e. The van der Waals surface area contributed by atoms with Crippen LogP contribution in [0.3, 0.4) is 0 Å². The first kappa shape index (κ1) is 15.3. The summed E-state index contributed by atoms with van der Waals surface area (Å²) in [4.78, 5) is 0.